The fourth-order valence-corrected chi connectivity index (χ4v) is 2.39. The molecular formula is C17H14NO. The monoisotopic (exact) mass is 248 g/mol. The Morgan fingerprint density at radius 1 is 1.00 bits per heavy atom. The van der Waals surface area contributed by atoms with E-state index in [2.05, 4.69) is 11.9 Å². The van der Waals surface area contributed by atoms with Gasteiger partial charge in [-0.1, -0.05) is 48.5 Å². The van der Waals surface area contributed by atoms with Crippen LogP contribution < -0.4 is 0 Å². The first kappa shape index (κ1) is 11.7. The Bertz CT molecular complexity index is 725. The van der Waals surface area contributed by atoms with Gasteiger partial charge in [0.15, 0.2) is 0 Å². The minimum absolute atomic E-state index is 0.0236. The second kappa shape index (κ2) is 4.73. The number of aromatic amines is 1. The summed E-state index contributed by atoms with van der Waals surface area (Å²) in [6.45, 7) is 3.94. The van der Waals surface area contributed by atoms with E-state index < -0.39 is 0 Å². The van der Waals surface area contributed by atoms with Gasteiger partial charge in [-0.25, -0.2) is 0 Å². The Morgan fingerprint density at radius 3 is 2.42 bits per heavy atom. The van der Waals surface area contributed by atoms with E-state index in [0.29, 0.717) is 17.7 Å². The van der Waals surface area contributed by atoms with Crippen molar-refractivity contribution in [1.29, 1.82) is 0 Å². The highest BCUT2D eigenvalue weighted by Crippen LogP contribution is 2.24. The standard InChI is InChI=1S/C17H14NO/c1-2-13-14-10-6-7-11-15(14)18-16(13)17(19)12-8-4-3-5-9-12/h3-11,18H,1-2H2. The van der Waals surface area contributed by atoms with E-state index in [0.717, 1.165) is 16.5 Å². The molecule has 2 nitrogen and oxygen atoms in total. The van der Waals surface area contributed by atoms with Crippen LogP contribution in [0.25, 0.3) is 10.9 Å². The highest BCUT2D eigenvalue weighted by molar-refractivity contribution is 6.11. The molecule has 1 aromatic heterocycles. The Morgan fingerprint density at radius 2 is 1.68 bits per heavy atom. The van der Waals surface area contributed by atoms with Crippen LogP contribution in [-0.4, -0.2) is 10.8 Å². The van der Waals surface area contributed by atoms with Crippen LogP contribution in [0.1, 0.15) is 21.6 Å². The molecule has 93 valence electrons. The third-order valence-electron chi connectivity index (χ3n) is 3.33. The molecule has 19 heavy (non-hydrogen) atoms. The zero-order valence-electron chi connectivity index (χ0n) is 10.5. The third kappa shape index (κ3) is 1.95. The summed E-state index contributed by atoms with van der Waals surface area (Å²) in [6, 6.07) is 17.3. The molecule has 0 saturated heterocycles. The first-order valence-corrected chi connectivity index (χ1v) is 6.30. The van der Waals surface area contributed by atoms with Gasteiger partial charge in [0.2, 0.25) is 5.78 Å². The van der Waals surface area contributed by atoms with E-state index >= 15 is 0 Å². The number of carbonyl (C=O) groups excluding carboxylic acids is 1. The van der Waals surface area contributed by atoms with Crippen molar-refractivity contribution in [3.8, 4) is 0 Å². The zero-order chi connectivity index (χ0) is 13.2. The molecule has 3 aromatic rings. The minimum atomic E-state index is 0.0236. The highest BCUT2D eigenvalue weighted by Gasteiger charge is 2.17. The number of hydrogen-bond donors (Lipinski definition) is 1. The number of H-pyrrole nitrogens is 1. The summed E-state index contributed by atoms with van der Waals surface area (Å²) < 4.78 is 0. The average Bonchev–Trinajstić information content (AvgIpc) is 2.85. The molecule has 0 fully saturated rings. The number of rotatable bonds is 3. The number of nitrogens with one attached hydrogen (secondary N) is 1. The smallest absolute Gasteiger partial charge is 0.209 e. The van der Waals surface area contributed by atoms with E-state index in [1.165, 1.54) is 0 Å². The molecule has 0 aliphatic heterocycles. The molecule has 3 rings (SSSR count). The van der Waals surface area contributed by atoms with Crippen LogP contribution in [0.4, 0.5) is 0 Å². The molecule has 0 unspecified atom stereocenters. The Hall–Kier alpha value is -2.35. The van der Waals surface area contributed by atoms with Crippen molar-refractivity contribution < 1.29 is 4.79 Å². The second-order valence-corrected chi connectivity index (χ2v) is 4.47. The molecule has 0 spiro atoms. The second-order valence-electron chi connectivity index (χ2n) is 4.47. The summed E-state index contributed by atoms with van der Waals surface area (Å²) >= 11 is 0. The van der Waals surface area contributed by atoms with Crippen LogP contribution in [0.5, 0.6) is 0 Å². The van der Waals surface area contributed by atoms with Crippen LogP contribution in [0.3, 0.4) is 0 Å². The predicted octanol–water partition coefficient (Wildman–Crippen LogP) is 3.78. The summed E-state index contributed by atoms with van der Waals surface area (Å²) in [4.78, 5) is 15.8. The number of ketones is 1. The molecule has 1 heterocycles. The molecule has 0 aliphatic rings. The number of hydrogen-bond acceptors (Lipinski definition) is 1. The number of benzene rings is 2. The largest absolute Gasteiger partial charge is 0.352 e. The van der Waals surface area contributed by atoms with Crippen LogP contribution in [0.15, 0.2) is 54.6 Å². The maximum atomic E-state index is 12.5. The van der Waals surface area contributed by atoms with Gasteiger partial charge >= 0.3 is 0 Å². The molecule has 1 N–H and O–H groups in total. The van der Waals surface area contributed by atoms with Crippen molar-refractivity contribution in [2.75, 3.05) is 0 Å². The Kier molecular flexibility index (Phi) is 2.92. The lowest BCUT2D eigenvalue weighted by Crippen LogP contribution is -2.04. The van der Waals surface area contributed by atoms with Gasteiger partial charge in [-0.05, 0) is 25.0 Å². The lowest BCUT2D eigenvalue weighted by atomic mass is 10.0. The van der Waals surface area contributed by atoms with E-state index in [9.17, 15) is 4.79 Å². The third-order valence-corrected chi connectivity index (χ3v) is 3.33. The quantitative estimate of drug-likeness (QED) is 0.703. The lowest BCUT2D eigenvalue weighted by molar-refractivity contribution is 0.103. The van der Waals surface area contributed by atoms with Crippen molar-refractivity contribution >= 4 is 16.7 Å². The molecule has 0 atom stereocenters. The first-order chi connectivity index (χ1) is 9.31. The molecule has 0 aliphatic carbocycles. The van der Waals surface area contributed by atoms with Crippen molar-refractivity contribution in [2.45, 2.75) is 6.42 Å². The van der Waals surface area contributed by atoms with Gasteiger partial charge in [0.05, 0.1) is 5.69 Å². The van der Waals surface area contributed by atoms with Crippen LogP contribution >= 0.6 is 0 Å². The predicted molar refractivity (Wildman–Crippen MR) is 77.2 cm³/mol. The van der Waals surface area contributed by atoms with Gasteiger partial charge in [-0.3, -0.25) is 4.79 Å². The summed E-state index contributed by atoms with van der Waals surface area (Å²) in [5.74, 6) is 0.0236. The van der Waals surface area contributed by atoms with Gasteiger partial charge in [0.25, 0.3) is 0 Å². The molecule has 2 aromatic carbocycles. The summed E-state index contributed by atoms with van der Waals surface area (Å²) in [5, 5.41) is 1.08. The SMILES string of the molecule is [CH2]Cc1c(C(=O)c2ccccc2)[nH]c2ccccc12. The van der Waals surface area contributed by atoms with Gasteiger partial charge in [-0.15, -0.1) is 0 Å². The number of para-hydroxylation sites is 1. The summed E-state index contributed by atoms with van der Waals surface area (Å²) in [6.07, 6.45) is 0.595. The van der Waals surface area contributed by atoms with Gasteiger partial charge < -0.3 is 4.98 Å². The van der Waals surface area contributed by atoms with Crippen LogP contribution in [-0.2, 0) is 6.42 Å². The Balaban J connectivity index is 2.17. The van der Waals surface area contributed by atoms with Crippen molar-refractivity contribution in [3.63, 3.8) is 0 Å². The van der Waals surface area contributed by atoms with E-state index in [4.69, 9.17) is 0 Å². The number of aromatic nitrogens is 1. The van der Waals surface area contributed by atoms with E-state index in [-0.39, 0.29) is 5.78 Å². The molecule has 0 saturated carbocycles. The lowest BCUT2D eigenvalue weighted by Gasteiger charge is -2.01. The number of fused-ring (bicyclic) bond motifs is 1. The van der Waals surface area contributed by atoms with Crippen molar-refractivity contribution in [3.05, 3.63) is 78.3 Å². The normalized spacial score (nSPS) is 10.8. The highest BCUT2D eigenvalue weighted by atomic mass is 16.1. The zero-order valence-corrected chi connectivity index (χ0v) is 10.5. The van der Waals surface area contributed by atoms with Crippen molar-refractivity contribution in [1.82, 2.24) is 4.98 Å². The maximum absolute atomic E-state index is 12.5. The molecule has 1 radical (unpaired) electrons. The minimum Gasteiger partial charge on any atom is -0.352 e. The van der Waals surface area contributed by atoms with Gasteiger partial charge in [0, 0.05) is 16.5 Å². The van der Waals surface area contributed by atoms with Crippen LogP contribution in [0.2, 0.25) is 0 Å². The van der Waals surface area contributed by atoms with Gasteiger partial charge in [-0.2, -0.15) is 0 Å². The van der Waals surface area contributed by atoms with Gasteiger partial charge in [0.1, 0.15) is 0 Å². The molecular weight excluding hydrogens is 234 g/mol. The maximum Gasteiger partial charge on any atom is 0.209 e. The number of carbonyl (C=O) groups is 1. The van der Waals surface area contributed by atoms with E-state index in [1.807, 2.05) is 54.6 Å². The summed E-state index contributed by atoms with van der Waals surface area (Å²) in [7, 11) is 0. The van der Waals surface area contributed by atoms with E-state index in [1.54, 1.807) is 0 Å². The molecule has 0 amide bonds. The molecule has 0 bridgehead atoms. The van der Waals surface area contributed by atoms with Crippen LogP contribution in [0, 0.1) is 6.92 Å². The Labute approximate surface area is 112 Å². The fraction of sp³-hybridized carbons (Fsp3) is 0.0588. The fourth-order valence-electron chi connectivity index (χ4n) is 2.39. The molecule has 2 heteroatoms. The topological polar surface area (TPSA) is 32.9 Å². The van der Waals surface area contributed by atoms with Crippen molar-refractivity contribution in [2.24, 2.45) is 0 Å². The average molecular weight is 248 g/mol. The first-order valence-electron chi connectivity index (χ1n) is 6.30. The summed E-state index contributed by atoms with van der Waals surface area (Å²) in [5.41, 5.74) is 3.33.